The van der Waals surface area contributed by atoms with E-state index in [-0.39, 0.29) is 17.6 Å². The number of nitrogens with zero attached hydrogens (tertiary/aromatic N) is 2. The maximum absolute atomic E-state index is 12.6. The minimum absolute atomic E-state index is 0.0863. The molecular formula is C19H36N2O3S. The topological polar surface area (TPSA) is 57.7 Å². The molecule has 2 rings (SSSR count). The normalized spacial score (nSPS) is 26.2. The van der Waals surface area contributed by atoms with Crippen LogP contribution < -0.4 is 0 Å². The van der Waals surface area contributed by atoms with E-state index in [0.717, 1.165) is 32.2 Å². The van der Waals surface area contributed by atoms with Gasteiger partial charge in [-0.05, 0) is 57.7 Å². The largest absolute Gasteiger partial charge is 0.303 e. The van der Waals surface area contributed by atoms with Crippen LogP contribution in [0.1, 0.15) is 64.7 Å². The molecule has 146 valence electrons. The number of rotatable bonds is 10. The van der Waals surface area contributed by atoms with Gasteiger partial charge in [-0.25, -0.2) is 12.7 Å². The van der Waals surface area contributed by atoms with Crippen LogP contribution >= 0.6 is 0 Å². The van der Waals surface area contributed by atoms with Gasteiger partial charge in [-0.1, -0.05) is 26.2 Å². The Morgan fingerprint density at radius 2 is 1.76 bits per heavy atom. The number of carbonyl (C=O) groups excluding carboxylic acids is 1. The van der Waals surface area contributed by atoms with Crippen LogP contribution in [0, 0.1) is 11.8 Å². The molecule has 1 unspecified atom stereocenters. The first-order valence-corrected chi connectivity index (χ1v) is 12.0. The third-order valence-electron chi connectivity index (χ3n) is 5.80. The van der Waals surface area contributed by atoms with Crippen LogP contribution in [0.25, 0.3) is 0 Å². The van der Waals surface area contributed by atoms with E-state index in [2.05, 4.69) is 11.8 Å². The van der Waals surface area contributed by atoms with Crippen LogP contribution in [0.5, 0.6) is 0 Å². The van der Waals surface area contributed by atoms with E-state index in [1.165, 1.54) is 49.3 Å². The molecule has 0 saturated carbocycles. The number of sulfonamides is 1. The van der Waals surface area contributed by atoms with Crippen LogP contribution in [0.15, 0.2) is 0 Å². The van der Waals surface area contributed by atoms with Crippen LogP contribution in [0.3, 0.4) is 0 Å². The Kier molecular flexibility index (Phi) is 8.36. The lowest BCUT2D eigenvalue weighted by atomic mass is 9.86. The molecule has 5 nitrogen and oxygen atoms in total. The summed E-state index contributed by atoms with van der Waals surface area (Å²) in [5.41, 5.74) is 0. The lowest BCUT2D eigenvalue weighted by Crippen LogP contribution is -2.30. The van der Waals surface area contributed by atoms with Gasteiger partial charge in [0, 0.05) is 25.4 Å². The second-order valence-electron chi connectivity index (χ2n) is 7.91. The maximum atomic E-state index is 12.6. The molecule has 2 aliphatic rings. The van der Waals surface area contributed by atoms with Crippen LogP contribution in [0.4, 0.5) is 0 Å². The molecule has 0 aliphatic carbocycles. The SMILES string of the molecule is CCC[C@H]1CN(S(C)(=O)=O)CC1C(=O)CCCCCN1CCCCC1. The molecule has 25 heavy (non-hydrogen) atoms. The van der Waals surface area contributed by atoms with Gasteiger partial charge < -0.3 is 4.90 Å². The van der Waals surface area contributed by atoms with Crippen molar-refractivity contribution in [3.05, 3.63) is 0 Å². The minimum atomic E-state index is -3.19. The predicted molar refractivity (Wildman–Crippen MR) is 102 cm³/mol. The number of likely N-dealkylation sites (tertiary alicyclic amines) is 1. The summed E-state index contributed by atoms with van der Waals surface area (Å²) in [6, 6.07) is 0. The molecule has 2 fully saturated rings. The summed E-state index contributed by atoms with van der Waals surface area (Å²) in [4.78, 5) is 15.2. The van der Waals surface area contributed by atoms with Crippen molar-refractivity contribution in [3.63, 3.8) is 0 Å². The van der Waals surface area contributed by atoms with Crippen LogP contribution in [0.2, 0.25) is 0 Å². The van der Waals surface area contributed by atoms with E-state index in [1.807, 2.05) is 0 Å². The number of Topliss-reactive ketones (excluding diaryl/α,β-unsaturated/α-hetero) is 1. The minimum Gasteiger partial charge on any atom is -0.303 e. The highest BCUT2D eigenvalue weighted by Gasteiger charge is 2.39. The molecule has 2 saturated heterocycles. The van der Waals surface area contributed by atoms with Gasteiger partial charge in [-0.3, -0.25) is 4.79 Å². The number of hydrogen-bond donors (Lipinski definition) is 0. The Labute approximate surface area is 154 Å². The van der Waals surface area contributed by atoms with Gasteiger partial charge in [0.05, 0.1) is 6.26 Å². The molecule has 0 N–H and O–H groups in total. The summed E-state index contributed by atoms with van der Waals surface area (Å²) in [6.45, 7) is 6.67. The highest BCUT2D eigenvalue weighted by atomic mass is 32.2. The van der Waals surface area contributed by atoms with Crippen molar-refractivity contribution in [2.45, 2.75) is 64.7 Å². The molecule has 2 aliphatic heterocycles. The highest BCUT2D eigenvalue weighted by molar-refractivity contribution is 7.88. The lowest BCUT2D eigenvalue weighted by Gasteiger charge is -2.26. The Balaban J connectivity index is 1.70. The lowest BCUT2D eigenvalue weighted by molar-refractivity contribution is -0.123. The van der Waals surface area contributed by atoms with Gasteiger partial charge in [0.15, 0.2) is 0 Å². The summed E-state index contributed by atoms with van der Waals surface area (Å²) in [5.74, 6) is 0.403. The molecule has 0 radical (unpaired) electrons. The fourth-order valence-corrected chi connectivity index (χ4v) is 5.20. The quantitative estimate of drug-likeness (QED) is 0.553. The first kappa shape index (κ1) is 20.8. The smallest absolute Gasteiger partial charge is 0.211 e. The highest BCUT2D eigenvalue weighted by Crippen LogP contribution is 2.31. The zero-order valence-electron chi connectivity index (χ0n) is 16.1. The molecule has 0 aromatic carbocycles. The van der Waals surface area contributed by atoms with Gasteiger partial charge in [-0.2, -0.15) is 0 Å². The van der Waals surface area contributed by atoms with E-state index in [4.69, 9.17) is 0 Å². The van der Waals surface area contributed by atoms with E-state index < -0.39 is 10.0 Å². The average Bonchev–Trinajstić information content (AvgIpc) is 3.00. The van der Waals surface area contributed by atoms with Gasteiger partial charge in [0.2, 0.25) is 10.0 Å². The van der Waals surface area contributed by atoms with Crippen molar-refractivity contribution in [2.75, 3.05) is 39.0 Å². The molecule has 2 atom stereocenters. The Hall–Kier alpha value is -0.460. The van der Waals surface area contributed by atoms with Crippen molar-refractivity contribution in [1.82, 2.24) is 9.21 Å². The number of piperidine rings is 1. The van der Waals surface area contributed by atoms with E-state index in [0.29, 0.717) is 19.5 Å². The predicted octanol–water partition coefficient (Wildman–Crippen LogP) is 2.91. The van der Waals surface area contributed by atoms with Crippen molar-refractivity contribution >= 4 is 15.8 Å². The third-order valence-corrected chi connectivity index (χ3v) is 7.03. The summed E-state index contributed by atoms with van der Waals surface area (Å²) < 4.78 is 25.1. The van der Waals surface area contributed by atoms with Crippen molar-refractivity contribution < 1.29 is 13.2 Å². The standard InChI is InChI=1S/C19H36N2O3S/c1-3-10-17-15-21(25(2,23)24)16-18(17)19(22)11-6-4-7-12-20-13-8-5-9-14-20/h17-18H,3-16H2,1-2H3/t17-,18?/m0/s1. The fraction of sp³-hybridized carbons (Fsp3) is 0.947. The van der Waals surface area contributed by atoms with Gasteiger partial charge in [0.1, 0.15) is 5.78 Å². The number of ketones is 1. The Morgan fingerprint density at radius 3 is 2.40 bits per heavy atom. The second-order valence-corrected chi connectivity index (χ2v) is 9.90. The molecule has 0 aromatic heterocycles. The molecule has 0 aromatic rings. The Morgan fingerprint density at radius 1 is 1.04 bits per heavy atom. The zero-order chi connectivity index (χ0) is 18.3. The third kappa shape index (κ3) is 6.65. The fourth-order valence-electron chi connectivity index (χ4n) is 4.31. The summed E-state index contributed by atoms with van der Waals surface area (Å²) in [6.07, 6.45) is 11.1. The molecular weight excluding hydrogens is 336 g/mol. The molecule has 0 spiro atoms. The monoisotopic (exact) mass is 372 g/mol. The van der Waals surface area contributed by atoms with E-state index in [9.17, 15) is 13.2 Å². The first-order valence-electron chi connectivity index (χ1n) is 10.1. The van der Waals surface area contributed by atoms with Crippen LogP contribution in [-0.2, 0) is 14.8 Å². The summed E-state index contributed by atoms with van der Waals surface area (Å²) >= 11 is 0. The number of hydrogen-bond acceptors (Lipinski definition) is 4. The first-order chi connectivity index (χ1) is 11.9. The molecule has 6 heteroatoms. The van der Waals surface area contributed by atoms with Crippen molar-refractivity contribution in [2.24, 2.45) is 11.8 Å². The van der Waals surface area contributed by atoms with Gasteiger partial charge >= 0.3 is 0 Å². The molecule has 2 heterocycles. The maximum Gasteiger partial charge on any atom is 0.211 e. The van der Waals surface area contributed by atoms with E-state index in [1.54, 1.807) is 0 Å². The molecule has 0 bridgehead atoms. The van der Waals surface area contributed by atoms with Crippen molar-refractivity contribution in [3.8, 4) is 0 Å². The van der Waals surface area contributed by atoms with Gasteiger partial charge in [-0.15, -0.1) is 0 Å². The van der Waals surface area contributed by atoms with Crippen LogP contribution in [-0.4, -0.2) is 62.4 Å². The summed E-state index contributed by atoms with van der Waals surface area (Å²) in [7, 11) is -3.19. The van der Waals surface area contributed by atoms with Gasteiger partial charge in [0.25, 0.3) is 0 Å². The summed E-state index contributed by atoms with van der Waals surface area (Å²) in [5, 5.41) is 0. The van der Waals surface area contributed by atoms with E-state index >= 15 is 0 Å². The second kappa shape index (κ2) is 10.0. The van der Waals surface area contributed by atoms with Crippen molar-refractivity contribution in [1.29, 1.82) is 0 Å². The number of carbonyl (C=O) groups is 1. The molecule has 0 amide bonds. The Bertz CT molecular complexity index is 515. The zero-order valence-corrected chi connectivity index (χ0v) is 16.9. The average molecular weight is 373 g/mol. The number of unbranched alkanes of at least 4 members (excludes halogenated alkanes) is 2.